The Morgan fingerprint density at radius 1 is 1.57 bits per heavy atom. The van der Waals surface area contributed by atoms with Crippen LogP contribution in [0, 0.1) is 5.92 Å². The molecule has 0 radical (unpaired) electrons. The normalized spacial score (nSPS) is 16.2. The molecule has 1 fully saturated rings. The molecule has 0 atom stereocenters. The van der Waals surface area contributed by atoms with Crippen molar-refractivity contribution >= 4 is 11.6 Å². The summed E-state index contributed by atoms with van der Waals surface area (Å²) in [4.78, 5) is 6.60. The van der Waals surface area contributed by atoms with Gasteiger partial charge in [-0.15, -0.1) is 0 Å². The Morgan fingerprint density at radius 2 is 2.36 bits per heavy atom. The van der Waals surface area contributed by atoms with Crippen molar-refractivity contribution in [1.82, 2.24) is 9.88 Å². The summed E-state index contributed by atoms with van der Waals surface area (Å²) in [5.74, 6) is 0.930. The average molecular weight is 211 g/mol. The van der Waals surface area contributed by atoms with Crippen molar-refractivity contribution in [3.63, 3.8) is 0 Å². The van der Waals surface area contributed by atoms with Crippen LogP contribution >= 0.6 is 11.6 Å². The predicted octanol–water partition coefficient (Wildman–Crippen LogP) is 2.58. The minimum absolute atomic E-state index is 0.773. The third-order valence-corrected chi connectivity index (χ3v) is 2.71. The first-order valence-corrected chi connectivity index (χ1v) is 5.41. The summed E-state index contributed by atoms with van der Waals surface area (Å²) in [5.41, 5.74) is 1.06. The topological polar surface area (TPSA) is 16.1 Å². The Kier molecular flexibility index (Phi) is 3.04. The molecule has 0 bridgehead atoms. The molecule has 0 N–H and O–H groups in total. The van der Waals surface area contributed by atoms with Crippen molar-refractivity contribution in [2.45, 2.75) is 19.4 Å². The molecule has 76 valence electrons. The van der Waals surface area contributed by atoms with Crippen molar-refractivity contribution in [2.75, 3.05) is 13.6 Å². The Balaban J connectivity index is 1.88. The van der Waals surface area contributed by atoms with Gasteiger partial charge in [-0.3, -0.25) is 4.98 Å². The molecule has 0 spiro atoms. The molecule has 1 aliphatic rings. The monoisotopic (exact) mass is 210 g/mol. The molecule has 0 unspecified atom stereocenters. The van der Waals surface area contributed by atoms with Crippen LogP contribution in [0.3, 0.4) is 0 Å². The van der Waals surface area contributed by atoms with E-state index in [4.69, 9.17) is 11.6 Å². The fraction of sp³-hybridized carbons (Fsp3) is 0.545. The fourth-order valence-electron chi connectivity index (χ4n) is 1.62. The zero-order valence-corrected chi connectivity index (χ0v) is 9.17. The number of aromatic nitrogens is 1. The Morgan fingerprint density at radius 3 is 3.00 bits per heavy atom. The first-order chi connectivity index (χ1) is 6.74. The summed E-state index contributed by atoms with van der Waals surface area (Å²) < 4.78 is 0. The standard InChI is InChI=1S/C11H15ClN2/c1-14(7-9-2-3-9)8-11-6-10(12)4-5-13-11/h4-6,9H,2-3,7-8H2,1H3. The fourth-order valence-corrected chi connectivity index (χ4v) is 1.80. The van der Waals surface area contributed by atoms with Crippen LogP contribution in [0.2, 0.25) is 5.02 Å². The third kappa shape index (κ3) is 2.96. The van der Waals surface area contributed by atoms with Gasteiger partial charge in [-0.1, -0.05) is 11.6 Å². The molecule has 3 heteroatoms. The van der Waals surface area contributed by atoms with Crippen LogP contribution < -0.4 is 0 Å². The molecule has 1 aromatic heterocycles. The highest BCUT2D eigenvalue weighted by molar-refractivity contribution is 6.30. The summed E-state index contributed by atoms with van der Waals surface area (Å²) in [7, 11) is 2.14. The smallest absolute Gasteiger partial charge is 0.0558 e. The lowest BCUT2D eigenvalue weighted by Gasteiger charge is -2.15. The number of halogens is 1. The minimum atomic E-state index is 0.773. The lowest BCUT2D eigenvalue weighted by Crippen LogP contribution is -2.20. The summed E-state index contributed by atoms with van der Waals surface area (Å²) >= 11 is 5.89. The van der Waals surface area contributed by atoms with Crippen LogP contribution in [-0.4, -0.2) is 23.5 Å². The van der Waals surface area contributed by atoms with Gasteiger partial charge in [0.1, 0.15) is 0 Å². The number of nitrogens with zero attached hydrogens (tertiary/aromatic N) is 2. The number of pyridine rings is 1. The zero-order valence-electron chi connectivity index (χ0n) is 8.41. The van der Waals surface area contributed by atoms with Crippen LogP contribution in [0.1, 0.15) is 18.5 Å². The SMILES string of the molecule is CN(Cc1cc(Cl)ccn1)CC1CC1. The molecule has 0 saturated heterocycles. The summed E-state index contributed by atoms with van der Waals surface area (Å²) in [6.45, 7) is 2.09. The quantitative estimate of drug-likeness (QED) is 0.760. The number of hydrogen-bond acceptors (Lipinski definition) is 2. The molecule has 0 aliphatic heterocycles. The number of hydrogen-bond donors (Lipinski definition) is 0. The second kappa shape index (κ2) is 4.28. The van der Waals surface area contributed by atoms with E-state index in [0.29, 0.717) is 0 Å². The van der Waals surface area contributed by atoms with E-state index in [1.807, 2.05) is 12.1 Å². The van der Waals surface area contributed by atoms with Gasteiger partial charge in [0.05, 0.1) is 5.69 Å². The molecule has 2 nitrogen and oxygen atoms in total. The average Bonchev–Trinajstić information content (AvgIpc) is 2.87. The van der Waals surface area contributed by atoms with Gasteiger partial charge in [-0.2, -0.15) is 0 Å². The van der Waals surface area contributed by atoms with Gasteiger partial charge >= 0.3 is 0 Å². The lowest BCUT2D eigenvalue weighted by molar-refractivity contribution is 0.309. The first kappa shape index (κ1) is 9.94. The van der Waals surface area contributed by atoms with Crippen molar-refractivity contribution in [2.24, 2.45) is 5.92 Å². The van der Waals surface area contributed by atoms with Crippen molar-refractivity contribution in [1.29, 1.82) is 0 Å². The Labute approximate surface area is 89.9 Å². The predicted molar refractivity (Wildman–Crippen MR) is 58.3 cm³/mol. The van der Waals surface area contributed by atoms with Crippen LogP contribution in [0.25, 0.3) is 0 Å². The molecule has 1 saturated carbocycles. The highest BCUT2D eigenvalue weighted by Crippen LogP contribution is 2.29. The van der Waals surface area contributed by atoms with Gasteiger partial charge in [0.2, 0.25) is 0 Å². The third-order valence-electron chi connectivity index (χ3n) is 2.48. The van der Waals surface area contributed by atoms with Crippen LogP contribution in [0.4, 0.5) is 0 Å². The maximum atomic E-state index is 5.89. The summed E-state index contributed by atoms with van der Waals surface area (Å²) in [6.07, 6.45) is 4.56. The molecular weight excluding hydrogens is 196 g/mol. The molecule has 0 aromatic carbocycles. The van der Waals surface area contributed by atoms with E-state index in [1.54, 1.807) is 6.20 Å². The van der Waals surface area contributed by atoms with Gasteiger partial charge in [0.15, 0.2) is 0 Å². The van der Waals surface area contributed by atoms with Crippen molar-refractivity contribution in [3.8, 4) is 0 Å². The highest BCUT2D eigenvalue weighted by Gasteiger charge is 2.22. The van der Waals surface area contributed by atoms with Crippen LogP contribution in [0.15, 0.2) is 18.3 Å². The van der Waals surface area contributed by atoms with E-state index in [1.165, 1.54) is 19.4 Å². The molecule has 0 amide bonds. The van der Waals surface area contributed by atoms with Crippen molar-refractivity contribution in [3.05, 3.63) is 29.0 Å². The van der Waals surface area contributed by atoms with Gasteiger partial charge in [0, 0.05) is 24.3 Å². The van der Waals surface area contributed by atoms with Gasteiger partial charge in [-0.25, -0.2) is 0 Å². The molecule has 1 aliphatic carbocycles. The van der Waals surface area contributed by atoms with Crippen LogP contribution in [-0.2, 0) is 6.54 Å². The summed E-state index contributed by atoms with van der Waals surface area (Å²) in [6, 6.07) is 3.75. The molecular formula is C11H15ClN2. The minimum Gasteiger partial charge on any atom is -0.300 e. The lowest BCUT2D eigenvalue weighted by atomic mass is 10.3. The van der Waals surface area contributed by atoms with Crippen molar-refractivity contribution < 1.29 is 0 Å². The Hall–Kier alpha value is -0.600. The largest absolute Gasteiger partial charge is 0.300 e. The zero-order chi connectivity index (χ0) is 9.97. The van der Waals surface area contributed by atoms with Gasteiger partial charge in [-0.05, 0) is 37.9 Å². The molecule has 2 rings (SSSR count). The van der Waals surface area contributed by atoms with Gasteiger partial charge < -0.3 is 4.90 Å². The molecule has 1 aromatic rings. The van der Waals surface area contributed by atoms with E-state index in [0.717, 1.165) is 23.2 Å². The molecule has 1 heterocycles. The van der Waals surface area contributed by atoms with E-state index < -0.39 is 0 Å². The van der Waals surface area contributed by atoms with Crippen LogP contribution in [0.5, 0.6) is 0 Å². The second-order valence-corrected chi connectivity index (χ2v) is 4.54. The maximum absolute atomic E-state index is 5.89. The number of rotatable bonds is 4. The highest BCUT2D eigenvalue weighted by atomic mass is 35.5. The maximum Gasteiger partial charge on any atom is 0.0558 e. The Bertz CT molecular complexity index is 310. The second-order valence-electron chi connectivity index (χ2n) is 4.11. The first-order valence-electron chi connectivity index (χ1n) is 5.03. The van der Waals surface area contributed by atoms with E-state index in [9.17, 15) is 0 Å². The van der Waals surface area contributed by atoms with E-state index in [-0.39, 0.29) is 0 Å². The summed E-state index contributed by atoms with van der Waals surface area (Å²) in [5, 5.41) is 0.773. The van der Waals surface area contributed by atoms with Gasteiger partial charge in [0.25, 0.3) is 0 Å². The molecule has 14 heavy (non-hydrogen) atoms. The van der Waals surface area contributed by atoms with E-state index in [2.05, 4.69) is 16.9 Å². The van der Waals surface area contributed by atoms with E-state index >= 15 is 0 Å².